The second kappa shape index (κ2) is 11.8. The number of benzene rings is 2. The molecular weight excluding hydrogens is 470 g/mol. The van der Waals surface area contributed by atoms with Crippen LogP contribution < -0.4 is 11.2 Å². The number of rotatable bonds is 5. The summed E-state index contributed by atoms with van der Waals surface area (Å²) in [4.78, 5) is 27.8. The fraction of sp³-hybridized carbons (Fsp3) is 0.250. The number of aromatic amines is 1. The summed E-state index contributed by atoms with van der Waals surface area (Å²) in [5, 5.41) is 40.4. The molecule has 3 aromatic rings. The van der Waals surface area contributed by atoms with Crippen LogP contribution in [0.25, 0.3) is 22.6 Å². The average Bonchev–Trinajstić information content (AvgIpc) is 3.24. The van der Waals surface area contributed by atoms with Crippen LogP contribution in [0, 0.1) is 6.92 Å². The Bertz CT molecular complexity index is 1370. The van der Waals surface area contributed by atoms with Crippen LogP contribution in [-0.2, 0) is 4.74 Å². The number of phenols is 3. The first-order chi connectivity index (χ1) is 17.2. The van der Waals surface area contributed by atoms with Crippen LogP contribution in [0.5, 0.6) is 17.2 Å². The zero-order chi connectivity index (χ0) is 26.2. The summed E-state index contributed by atoms with van der Waals surface area (Å²) in [7, 11) is 0. The van der Waals surface area contributed by atoms with Crippen LogP contribution >= 0.6 is 0 Å². The van der Waals surface area contributed by atoms with E-state index in [1.807, 2.05) is 6.08 Å². The average molecular weight is 495 g/mol. The predicted molar refractivity (Wildman–Crippen MR) is 131 cm³/mol. The number of ether oxygens (including phenoxy) is 1. The maximum absolute atomic E-state index is 11.7. The maximum Gasteiger partial charge on any atom is 0.330 e. The van der Waals surface area contributed by atoms with E-state index in [4.69, 9.17) is 20.5 Å². The second-order valence-electron chi connectivity index (χ2n) is 8.01. The lowest BCUT2D eigenvalue weighted by Gasteiger charge is -2.14. The summed E-state index contributed by atoms with van der Waals surface area (Å²) in [5.41, 5.74) is 9.38. The van der Waals surface area contributed by atoms with Gasteiger partial charge in [0.05, 0.1) is 18.8 Å². The number of nitrogens with zero attached hydrogens (tertiary/aromatic N) is 4. The van der Waals surface area contributed by atoms with E-state index in [1.165, 1.54) is 16.8 Å². The highest BCUT2D eigenvalue weighted by Crippen LogP contribution is 2.29. The number of nitrogens with one attached hydrogen (secondary N) is 1. The number of hydrogen-bond acceptors (Lipinski definition) is 8. The van der Waals surface area contributed by atoms with Gasteiger partial charge >= 0.3 is 5.69 Å². The molecule has 0 bridgehead atoms. The first kappa shape index (κ1) is 26.1. The summed E-state index contributed by atoms with van der Waals surface area (Å²) in [5.74, 6) is 0.267. The Hall–Kier alpha value is -4.51. The number of H-pyrrole nitrogens is 1. The van der Waals surface area contributed by atoms with Crippen LogP contribution in [-0.4, -0.2) is 48.7 Å². The summed E-state index contributed by atoms with van der Waals surface area (Å²) < 4.78 is 6.69. The number of azide groups is 1. The quantitative estimate of drug-likeness (QED) is 0.155. The summed E-state index contributed by atoms with van der Waals surface area (Å²) >= 11 is 0. The number of aliphatic hydroxyl groups excluding tert-OH is 1. The highest BCUT2D eigenvalue weighted by atomic mass is 16.5. The van der Waals surface area contributed by atoms with E-state index in [2.05, 4.69) is 15.0 Å². The molecule has 0 amide bonds. The molecule has 0 unspecified atom stereocenters. The molecule has 0 radical (unpaired) electrons. The van der Waals surface area contributed by atoms with E-state index < -0.39 is 29.6 Å². The van der Waals surface area contributed by atoms with Crippen molar-refractivity contribution in [3.8, 4) is 17.2 Å². The Balaban J connectivity index is 0.000000202. The van der Waals surface area contributed by atoms with E-state index in [1.54, 1.807) is 49.4 Å². The Morgan fingerprint density at radius 1 is 1.08 bits per heavy atom. The van der Waals surface area contributed by atoms with Crippen LogP contribution in [0.15, 0.2) is 63.4 Å². The van der Waals surface area contributed by atoms with Gasteiger partial charge in [0.2, 0.25) is 0 Å². The minimum Gasteiger partial charge on any atom is -0.508 e. The summed E-state index contributed by atoms with van der Waals surface area (Å²) in [6.45, 7) is 1.26. The van der Waals surface area contributed by atoms with E-state index in [0.29, 0.717) is 11.1 Å². The molecule has 1 aromatic heterocycles. The maximum atomic E-state index is 11.7. The molecule has 1 saturated heterocycles. The molecule has 1 aliphatic heterocycles. The van der Waals surface area contributed by atoms with Gasteiger partial charge in [-0.2, -0.15) is 0 Å². The number of aromatic nitrogens is 2. The third kappa shape index (κ3) is 6.76. The van der Waals surface area contributed by atoms with Crippen LogP contribution in [0.1, 0.15) is 29.3 Å². The molecule has 5 N–H and O–H groups in total. The van der Waals surface area contributed by atoms with Gasteiger partial charge in [-0.05, 0) is 47.8 Å². The van der Waals surface area contributed by atoms with E-state index in [9.17, 15) is 19.8 Å². The third-order valence-corrected chi connectivity index (χ3v) is 5.33. The van der Waals surface area contributed by atoms with Gasteiger partial charge in [-0.3, -0.25) is 14.3 Å². The second-order valence-corrected chi connectivity index (χ2v) is 8.01. The summed E-state index contributed by atoms with van der Waals surface area (Å²) in [6.07, 6.45) is 3.93. The first-order valence-electron chi connectivity index (χ1n) is 10.8. The highest BCUT2D eigenvalue weighted by molar-refractivity contribution is 5.71. The minimum absolute atomic E-state index is 0.0235. The molecule has 3 atom stereocenters. The molecule has 1 aliphatic rings. The molecule has 0 aliphatic carbocycles. The Kier molecular flexibility index (Phi) is 8.52. The lowest BCUT2D eigenvalue weighted by molar-refractivity contribution is -0.0271. The molecule has 2 aromatic carbocycles. The molecule has 12 nitrogen and oxygen atoms in total. The molecule has 188 valence electrons. The van der Waals surface area contributed by atoms with Crippen molar-refractivity contribution in [2.45, 2.75) is 31.7 Å². The van der Waals surface area contributed by atoms with Gasteiger partial charge in [-0.1, -0.05) is 29.4 Å². The number of hydrogen-bond donors (Lipinski definition) is 5. The fourth-order valence-corrected chi connectivity index (χ4v) is 3.53. The monoisotopic (exact) mass is 495 g/mol. The van der Waals surface area contributed by atoms with Gasteiger partial charge in [0.1, 0.15) is 23.5 Å². The first-order valence-corrected chi connectivity index (χ1v) is 10.8. The predicted octanol–water partition coefficient (Wildman–Crippen LogP) is 2.78. The molecule has 2 heterocycles. The number of aromatic hydroxyl groups is 3. The molecular formula is C24H25N5O7. The van der Waals surface area contributed by atoms with Crippen molar-refractivity contribution in [2.24, 2.45) is 5.11 Å². The lowest BCUT2D eigenvalue weighted by Crippen LogP contribution is -2.33. The molecule has 36 heavy (non-hydrogen) atoms. The van der Waals surface area contributed by atoms with Gasteiger partial charge < -0.3 is 25.2 Å². The van der Waals surface area contributed by atoms with E-state index in [0.717, 1.165) is 5.56 Å². The largest absolute Gasteiger partial charge is 0.508 e. The highest BCUT2D eigenvalue weighted by Gasteiger charge is 2.35. The summed E-state index contributed by atoms with van der Waals surface area (Å²) in [6, 6.07) is 10.6. The van der Waals surface area contributed by atoms with Gasteiger partial charge in [0.25, 0.3) is 5.56 Å². The van der Waals surface area contributed by atoms with E-state index >= 15 is 0 Å². The number of phenolic OH excluding ortho intramolecular Hbond substituents is 3. The minimum atomic E-state index is -0.671. The Morgan fingerprint density at radius 3 is 2.33 bits per heavy atom. The van der Waals surface area contributed by atoms with Gasteiger partial charge in [-0.25, -0.2) is 4.79 Å². The van der Waals surface area contributed by atoms with Crippen LogP contribution in [0.2, 0.25) is 0 Å². The molecule has 4 rings (SSSR count). The molecule has 0 saturated carbocycles. The van der Waals surface area contributed by atoms with Crippen LogP contribution in [0.4, 0.5) is 0 Å². The van der Waals surface area contributed by atoms with Crippen molar-refractivity contribution in [1.29, 1.82) is 0 Å². The number of aryl methyl sites for hydroxylation is 1. The molecule has 1 fully saturated rings. The van der Waals surface area contributed by atoms with Crippen molar-refractivity contribution < 1.29 is 25.2 Å². The topological polar surface area (TPSA) is 194 Å². The van der Waals surface area contributed by atoms with Gasteiger partial charge in [0, 0.05) is 29.2 Å². The van der Waals surface area contributed by atoms with Crippen molar-refractivity contribution in [2.75, 3.05) is 6.61 Å². The SMILES string of the molecule is Cc1cn([C@H]2C[C@H](N=[N+]=[N-])[C@@H](CO)O2)c(=O)[nH]c1=O.Oc1ccc(/C=C/c2cc(O)cc(O)c2)cc1. The van der Waals surface area contributed by atoms with Crippen molar-refractivity contribution in [3.05, 3.63) is 96.6 Å². The molecule has 12 heteroatoms. The lowest BCUT2D eigenvalue weighted by atomic mass is 10.1. The standard InChI is InChI=1S/C14H12O3.C10H13N5O4/c15-12-5-3-10(4-6-12)1-2-11-7-13(16)9-14(17)8-11;1-5-3-15(10(18)12-9(5)17)8-2-6(13-14-11)7(4-16)19-8/h1-9,15-17H;3,6-8,16H,2,4H2,1H3,(H,12,17,18)/b2-1+;/t;6-,7+,8+/m.0/s1. The van der Waals surface area contributed by atoms with Crippen molar-refractivity contribution in [3.63, 3.8) is 0 Å². The third-order valence-electron chi connectivity index (χ3n) is 5.33. The fourth-order valence-electron chi connectivity index (χ4n) is 3.53. The zero-order valence-corrected chi connectivity index (χ0v) is 19.2. The van der Waals surface area contributed by atoms with Crippen molar-refractivity contribution >= 4 is 12.2 Å². The zero-order valence-electron chi connectivity index (χ0n) is 19.2. The normalized spacial score (nSPS) is 18.9. The van der Waals surface area contributed by atoms with Crippen LogP contribution in [0.3, 0.4) is 0 Å². The van der Waals surface area contributed by atoms with Gasteiger partial charge in [0.15, 0.2) is 0 Å². The van der Waals surface area contributed by atoms with Crippen molar-refractivity contribution in [1.82, 2.24) is 9.55 Å². The smallest absolute Gasteiger partial charge is 0.330 e. The Morgan fingerprint density at radius 2 is 1.72 bits per heavy atom. The molecule has 0 spiro atoms. The Labute approximate surface area is 204 Å². The van der Waals surface area contributed by atoms with Gasteiger partial charge in [-0.15, -0.1) is 0 Å². The number of aliphatic hydroxyl groups is 1. The van der Waals surface area contributed by atoms with E-state index in [-0.39, 0.29) is 30.3 Å².